The van der Waals surface area contributed by atoms with Crippen LogP contribution in [0.2, 0.25) is 0 Å². The maximum atomic E-state index is 3.06. The van der Waals surface area contributed by atoms with Crippen LogP contribution in [-0.2, 0) is 23.3 Å². The monoisotopic (exact) mass is 696 g/mol. The molecule has 222 valence electrons. The first-order chi connectivity index (χ1) is 19.2. The van der Waals surface area contributed by atoms with Gasteiger partial charge in [-0.05, 0) is 29.9 Å². The Labute approximate surface area is 288 Å². The van der Waals surface area contributed by atoms with Crippen molar-refractivity contribution in [2.75, 3.05) is 0 Å². The third kappa shape index (κ3) is 8.80. The molecule has 6 aromatic carbocycles. The van der Waals surface area contributed by atoms with Gasteiger partial charge in [-0.15, -0.1) is 93.4 Å². The first kappa shape index (κ1) is 38.5. The van der Waals surface area contributed by atoms with Crippen LogP contribution >= 0.6 is 24.8 Å². The summed E-state index contributed by atoms with van der Waals surface area (Å²) >= 11 is 1.36. The summed E-state index contributed by atoms with van der Waals surface area (Å²) in [7, 11) is 0. The van der Waals surface area contributed by atoms with Crippen molar-refractivity contribution in [2.45, 2.75) is 32.6 Å². The quantitative estimate of drug-likeness (QED) is 0.0980. The van der Waals surface area contributed by atoms with Crippen LogP contribution in [0.3, 0.4) is 0 Å². The van der Waals surface area contributed by atoms with Gasteiger partial charge in [-0.25, -0.2) is 0 Å². The van der Waals surface area contributed by atoms with Gasteiger partial charge in [0.1, 0.15) is 0 Å². The Hall–Kier alpha value is -2.48. The molecule has 0 N–H and O–H groups in total. The van der Waals surface area contributed by atoms with Crippen LogP contribution in [0.25, 0.3) is 43.8 Å². The molecule has 0 aromatic heterocycles. The Morgan fingerprint density at radius 1 is 0.674 bits per heavy atom. The van der Waals surface area contributed by atoms with Gasteiger partial charge in [-0.3, -0.25) is 0 Å². The first-order valence-corrected chi connectivity index (χ1v) is 17.7. The summed E-state index contributed by atoms with van der Waals surface area (Å²) in [5, 5.41) is 5.49. The van der Waals surface area contributed by atoms with Crippen molar-refractivity contribution < 1.29 is 23.3 Å². The van der Waals surface area contributed by atoms with Crippen molar-refractivity contribution in [1.29, 1.82) is 0 Å². The minimum absolute atomic E-state index is 0. The standard InChI is InChI=1S/C20H17.C17H15.2CH3.2ClH.Si.Zr/c1-2-9-16(10-3-1)19-12-6-11-17-13-18(14-20(17)19)15-7-4-5-8-15;1-12-10-16-13(2)8-9-15(17(16)11-12)14-6-4-3-5-7-14;;;;;;/h1-4,6-7,9-15H,5,8H2;3-11H,1-2H3;2*1H3;2*1H;;/q4*-1;;;;. The van der Waals surface area contributed by atoms with E-state index in [2.05, 4.69) is 148 Å². The second-order valence-electron chi connectivity index (χ2n) is 10.2. The van der Waals surface area contributed by atoms with E-state index in [4.69, 9.17) is 0 Å². The topological polar surface area (TPSA) is 0 Å². The number of benzene rings is 4. The normalized spacial score (nSPS) is 12.7. The van der Waals surface area contributed by atoms with E-state index >= 15 is 0 Å². The second-order valence-corrected chi connectivity index (χ2v) is 10.2. The zero-order valence-electron chi connectivity index (χ0n) is 25.4. The summed E-state index contributed by atoms with van der Waals surface area (Å²) in [6.45, 7) is 7.40. The molecule has 7 rings (SSSR count). The molecule has 0 fully saturated rings. The van der Waals surface area contributed by atoms with Gasteiger partial charge in [0.25, 0.3) is 0 Å². The zero-order chi connectivity index (χ0) is 27.2. The van der Waals surface area contributed by atoms with Gasteiger partial charge >= 0.3 is 30.2 Å². The van der Waals surface area contributed by atoms with E-state index in [-0.39, 0.29) is 39.7 Å². The van der Waals surface area contributed by atoms with E-state index in [0.29, 0.717) is 5.92 Å². The molecule has 0 bridgehead atoms. The SMILES string of the molecule is C1=CC(c2cc3c(-c4ccccc4)cccc3[cH-]2)CC1.Cc1cc2c(-c3ccccc3)ccc(C)c2[cH-]1.Cl.Cl.[CH3-].[CH3-].[Si]=[Zr]. The fraction of sp³-hybridized carbons (Fsp3) is 0.128. The van der Waals surface area contributed by atoms with Crippen molar-refractivity contribution in [3.8, 4) is 22.3 Å². The molecule has 1 aliphatic carbocycles. The molecular formula is C39H40Cl2SiZr-4. The number of halogens is 2. The van der Waals surface area contributed by atoms with Crippen LogP contribution in [0.1, 0.15) is 35.4 Å². The van der Waals surface area contributed by atoms with Crippen molar-refractivity contribution >= 4 is 53.2 Å². The van der Waals surface area contributed by atoms with Crippen LogP contribution in [-0.4, -0.2) is 6.88 Å². The number of aryl methyl sites for hydroxylation is 2. The summed E-state index contributed by atoms with van der Waals surface area (Å²) in [5.74, 6) is 0.617. The Bertz CT molecular complexity index is 1710. The molecular weight excluding hydrogens is 659 g/mol. The number of fused-ring (bicyclic) bond motifs is 2. The molecule has 1 unspecified atom stereocenters. The number of rotatable bonds is 3. The van der Waals surface area contributed by atoms with Gasteiger partial charge in [-0.2, -0.15) is 12.1 Å². The molecule has 0 amide bonds. The molecule has 43 heavy (non-hydrogen) atoms. The predicted molar refractivity (Wildman–Crippen MR) is 194 cm³/mol. The summed E-state index contributed by atoms with van der Waals surface area (Å²) in [4.78, 5) is 0. The van der Waals surface area contributed by atoms with Crippen molar-refractivity contribution in [2.24, 2.45) is 0 Å². The molecule has 0 nitrogen and oxygen atoms in total. The summed E-state index contributed by atoms with van der Waals surface area (Å²) in [5.41, 5.74) is 9.44. The molecule has 0 spiro atoms. The molecule has 2 radical (unpaired) electrons. The minimum atomic E-state index is 0. The van der Waals surface area contributed by atoms with E-state index in [0.717, 1.165) is 0 Å². The summed E-state index contributed by atoms with van der Waals surface area (Å²) in [6.07, 6.45) is 7.14. The molecule has 4 heteroatoms. The van der Waals surface area contributed by atoms with E-state index in [1.165, 1.54) is 96.7 Å². The van der Waals surface area contributed by atoms with E-state index in [9.17, 15) is 0 Å². The average Bonchev–Trinajstić information content (AvgIpc) is 3.75. The Balaban J connectivity index is 0.000000377. The van der Waals surface area contributed by atoms with Crippen LogP contribution in [0.15, 0.2) is 127 Å². The van der Waals surface area contributed by atoms with Gasteiger partial charge < -0.3 is 14.9 Å². The zero-order valence-corrected chi connectivity index (χ0v) is 30.5. The number of allylic oxidation sites excluding steroid dienone is 2. The Morgan fingerprint density at radius 3 is 1.86 bits per heavy atom. The van der Waals surface area contributed by atoms with Gasteiger partial charge in [0.05, 0.1) is 0 Å². The van der Waals surface area contributed by atoms with Crippen molar-refractivity contribution in [3.63, 3.8) is 0 Å². The predicted octanol–water partition coefficient (Wildman–Crippen LogP) is 11.9. The van der Waals surface area contributed by atoms with Gasteiger partial charge in [0.2, 0.25) is 0 Å². The second kappa shape index (κ2) is 18.4. The first-order valence-electron chi connectivity index (χ1n) is 13.6. The summed E-state index contributed by atoms with van der Waals surface area (Å²) in [6, 6.07) is 41.6. The summed E-state index contributed by atoms with van der Waals surface area (Å²) < 4.78 is 0. The van der Waals surface area contributed by atoms with E-state index in [1.54, 1.807) is 0 Å². The van der Waals surface area contributed by atoms with Crippen LogP contribution in [0, 0.1) is 28.7 Å². The fourth-order valence-corrected chi connectivity index (χ4v) is 5.71. The average molecular weight is 699 g/mol. The molecule has 1 atom stereocenters. The molecule has 6 aromatic rings. The fourth-order valence-electron chi connectivity index (χ4n) is 5.71. The molecule has 0 saturated heterocycles. The molecule has 0 aliphatic heterocycles. The third-order valence-corrected chi connectivity index (χ3v) is 7.63. The maximum absolute atomic E-state index is 3.06. The third-order valence-electron chi connectivity index (χ3n) is 7.63. The van der Waals surface area contributed by atoms with Crippen molar-refractivity contribution in [3.05, 3.63) is 159 Å². The van der Waals surface area contributed by atoms with Crippen LogP contribution < -0.4 is 0 Å². The van der Waals surface area contributed by atoms with Crippen LogP contribution in [0.4, 0.5) is 0 Å². The molecule has 0 heterocycles. The van der Waals surface area contributed by atoms with E-state index in [1.807, 2.05) is 0 Å². The molecule has 0 saturated carbocycles. The van der Waals surface area contributed by atoms with E-state index < -0.39 is 0 Å². The Morgan fingerprint density at radius 2 is 1.28 bits per heavy atom. The van der Waals surface area contributed by atoms with Gasteiger partial charge in [0.15, 0.2) is 0 Å². The van der Waals surface area contributed by atoms with Gasteiger partial charge in [-0.1, -0.05) is 110 Å². The van der Waals surface area contributed by atoms with Gasteiger partial charge in [0, 0.05) is 0 Å². The van der Waals surface area contributed by atoms with Crippen LogP contribution in [0.5, 0.6) is 0 Å². The number of hydrogen-bond donors (Lipinski definition) is 0. The van der Waals surface area contributed by atoms with Crippen molar-refractivity contribution in [1.82, 2.24) is 0 Å². The number of hydrogen-bond acceptors (Lipinski definition) is 0. The molecule has 1 aliphatic rings. The Kier molecular flexibility index (Phi) is 16.5.